The van der Waals surface area contributed by atoms with Gasteiger partial charge in [0, 0.05) is 15.8 Å². The van der Waals surface area contributed by atoms with Crippen LogP contribution in [-0.4, -0.2) is 50.5 Å². The predicted octanol–water partition coefficient (Wildman–Crippen LogP) is 5.47. The Kier molecular flexibility index (Phi) is 8.52. The highest BCUT2D eigenvalue weighted by Crippen LogP contribution is 2.38. The van der Waals surface area contributed by atoms with Crippen molar-refractivity contribution in [2.24, 2.45) is 0 Å². The number of hydrogen-bond acceptors (Lipinski definition) is 6. The summed E-state index contributed by atoms with van der Waals surface area (Å²) in [6, 6.07) is 18.8. The Morgan fingerprint density at radius 1 is 1.03 bits per heavy atom. The van der Waals surface area contributed by atoms with Crippen LogP contribution in [0.3, 0.4) is 0 Å². The third kappa shape index (κ3) is 5.84. The number of carbonyl (C=O) groups excluding carboxylic acids is 1. The molecule has 188 valence electrons. The topological polar surface area (TPSA) is 69.3 Å². The lowest BCUT2D eigenvalue weighted by molar-refractivity contribution is 0.0600. The Bertz CT molecular complexity index is 1230. The van der Waals surface area contributed by atoms with E-state index < -0.39 is 0 Å². The van der Waals surface area contributed by atoms with Crippen LogP contribution in [0.15, 0.2) is 60.7 Å². The Morgan fingerprint density at radius 2 is 1.69 bits per heavy atom. The first kappa shape index (κ1) is 26.0. The van der Waals surface area contributed by atoms with Crippen molar-refractivity contribution >= 4 is 51.6 Å². The Balaban J connectivity index is 1.61. The van der Waals surface area contributed by atoms with E-state index in [1.54, 1.807) is 38.5 Å². The molecule has 0 aliphatic carbocycles. The SMILES string of the molecule is COC(=O)c1ccc(OC[C@H]2c3cc(OC)c(OC)cc3CCN2C(=S)Nc2ccc(I)cc2)cc1. The van der Waals surface area contributed by atoms with E-state index in [-0.39, 0.29) is 12.0 Å². The van der Waals surface area contributed by atoms with Gasteiger partial charge in [-0.3, -0.25) is 0 Å². The minimum absolute atomic E-state index is 0.169. The van der Waals surface area contributed by atoms with E-state index in [0.717, 1.165) is 26.8 Å². The number of carbonyl (C=O) groups is 1. The molecule has 0 bridgehead atoms. The number of esters is 1. The largest absolute Gasteiger partial charge is 0.493 e. The van der Waals surface area contributed by atoms with Crippen molar-refractivity contribution < 1.29 is 23.7 Å². The molecular weight excluding hydrogens is 591 g/mol. The minimum atomic E-state index is -0.387. The zero-order chi connectivity index (χ0) is 25.7. The van der Waals surface area contributed by atoms with Gasteiger partial charge in [-0.2, -0.15) is 0 Å². The second-order valence-electron chi connectivity index (χ2n) is 8.13. The Morgan fingerprint density at radius 3 is 2.33 bits per heavy atom. The van der Waals surface area contributed by atoms with Crippen molar-refractivity contribution in [1.82, 2.24) is 4.90 Å². The molecule has 1 atom stereocenters. The summed E-state index contributed by atoms with van der Waals surface area (Å²) in [7, 11) is 4.62. The van der Waals surface area contributed by atoms with Crippen LogP contribution in [0.5, 0.6) is 17.2 Å². The molecule has 0 radical (unpaired) electrons. The van der Waals surface area contributed by atoms with Crippen molar-refractivity contribution in [2.45, 2.75) is 12.5 Å². The molecule has 0 fully saturated rings. The number of anilines is 1. The first-order valence-corrected chi connectivity index (χ1v) is 12.8. The minimum Gasteiger partial charge on any atom is -0.493 e. The summed E-state index contributed by atoms with van der Waals surface area (Å²) < 4.78 is 23.2. The van der Waals surface area contributed by atoms with E-state index >= 15 is 0 Å². The van der Waals surface area contributed by atoms with Crippen molar-refractivity contribution in [3.05, 3.63) is 80.9 Å². The highest BCUT2D eigenvalue weighted by molar-refractivity contribution is 14.1. The third-order valence-corrected chi connectivity index (χ3v) is 7.10. The summed E-state index contributed by atoms with van der Waals surface area (Å²) in [6.45, 7) is 1.06. The number of halogens is 1. The Labute approximate surface area is 229 Å². The van der Waals surface area contributed by atoms with Crippen LogP contribution in [0.2, 0.25) is 0 Å². The molecule has 0 aromatic heterocycles. The summed E-state index contributed by atoms with van der Waals surface area (Å²) in [4.78, 5) is 13.9. The van der Waals surface area contributed by atoms with Gasteiger partial charge in [-0.15, -0.1) is 0 Å². The fourth-order valence-corrected chi connectivity index (χ4v) is 4.86. The standard InChI is InChI=1S/C27H27IN2O5S/c1-32-24-14-18-12-13-30(27(36)29-20-8-6-19(28)7-9-20)23(22(18)15-25(24)33-2)16-35-21-10-4-17(5-11-21)26(31)34-3/h4-11,14-15,23H,12-13,16H2,1-3H3,(H,29,36)/t23-/m0/s1. The van der Waals surface area contributed by atoms with E-state index in [4.69, 9.17) is 31.2 Å². The molecule has 1 heterocycles. The molecule has 0 saturated heterocycles. The van der Waals surface area contributed by atoms with Crippen LogP contribution in [0.4, 0.5) is 5.69 Å². The highest BCUT2D eigenvalue weighted by atomic mass is 127. The zero-order valence-corrected chi connectivity index (χ0v) is 23.2. The van der Waals surface area contributed by atoms with E-state index in [9.17, 15) is 4.79 Å². The summed E-state index contributed by atoms with van der Waals surface area (Å²) in [6.07, 6.45) is 0.800. The molecule has 9 heteroatoms. The monoisotopic (exact) mass is 618 g/mol. The molecule has 3 aromatic rings. The van der Waals surface area contributed by atoms with Gasteiger partial charge >= 0.3 is 5.97 Å². The van der Waals surface area contributed by atoms with Crippen molar-refractivity contribution in [1.29, 1.82) is 0 Å². The number of hydrogen-bond donors (Lipinski definition) is 1. The molecular formula is C27H27IN2O5S. The first-order chi connectivity index (χ1) is 17.4. The first-order valence-electron chi connectivity index (χ1n) is 11.3. The van der Waals surface area contributed by atoms with E-state index in [2.05, 4.69) is 32.8 Å². The summed E-state index contributed by atoms with van der Waals surface area (Å²) >= 11 is 8.12. The molecule has 1 aliphatic rings. The second-order valence-corrected chi connectivity index (χ2v) is 9.76. The highest BCUT2D eigenvalue weighted by Gasteiger charge is 2.31. The smallest absolute Gasteiger partial charge is 0.337 e. The number of nitrogens with zero attached hydrogens (tertiary/aromatic N) is 1. The van der Waals surface area contributed by atoms with Crippen LogP contribution in [0, 0.1) is 3.57 Å². The normalized spacial score (nSPS) is 14.4. The van der Waals surface area contributed by atoms with Gasteiger partial charge in [0.1, 0.15) is 12.4 Å². The van der Waals surface area contributed by atoms with Gasteiger partial charge in [-0.25, -0.2) is 4.79 Å². The molecule has 1 N–H and O–H groups in total. The second kappa shape index (κ2) is 11.8. The number of thiocarbonyl (C=S) groups is 1. The summed E-state index contributed by atoms with van der Waals surface area (Å²) in [5.74, 6) is 1.61. The van der Waals surface area contributed by atoms with Crippen molar-refractivity contribution in [3.8, 4) is 17.2 Å². The molecule has 1 aliphatic heterocycles. The zero-order valence-electron chi connectivity index (χ0n) is 20.2. The van der Waals surface area contributed by atoms with Crippen LogP contribution in [0.25, 0.3) is 0 Å². The maximum Gasteiger partial charge on any atom is 0.337 e. The number of nitrogens with one attached hydrogen (secondary N) is 1. The van der Waals surface area contributed by atoms with Crippen LogP contribution in [-0.2, 0) is 11.2 Å². The predicted molar refractivity (Wildman–Crippen MR) is 151 cm³/mol. The number of rotatable bonds is 7. The van der Waals surface area contributed by atoms with Gasteiger partial charge in [-0.1, -0.05) is 0 Å². The maximum absolute atomic E-state index is 11.8. The average molecular weight is 618 g/mol. The fraction of sp³-hybridized carbons (Fsp3) is 0.259. The average Bonchev–Trinajstić information content (AvgIpc) is 2.91. The van der Waals surface area contributed by atoms with Crippen LogP contribution in [0.1, 0.15) is 27.5 Å². The summed E-state index contributed by atoms with van der Waals surface area (Å²) in [5, 5.41) is 3.98. The molecule has 4 rings (SSSR count). The van der Waals surface area contributed by atoms with Crippen LogP contribution < -0.4 is 19.5 Å². The Hall–Kier alpha value is -3.05. The quantitative estimate of drug-likeness (QED) is 0.213. The summed E-state index contributed by atoms with van der Waals surface area (Å²) in [5.41, 5.74) is 3.62. The van der Waals surface area contributed by atoms with Crippen molar-refractivity contribution in [3.63, 3.8) is 0 Å². The molecule has 0 spiro atoms. The molecule has 0 amide bonds. The van der Waals surface area contributed by atoms with Gasteiger partial charge in [0.25, 0.3) is 0 Å². The van der Waals surface area contributed by atoms with E-state index in [1.807, 2.05) is 36.4 Å². The third-order valence-electron chi connectivity index (χ3n) is 6.04. The lowest BCUT2D eigenvalue weighted by Crippen LogP contribution is -2.44. The number of fused-ring (bicyclic) bond motifs is 1. The molecule has 7 nitrogen and oxygen atoms in total. The van der Waals surface area contributed by atoms with Crippen molar-refractivity contribution in [2.75, 3.05) is 39.8 Å². The number of methoxy groups -OCH3 is 3. The van der Waals surface area contributed by atoms with Gasteiger partial charge < -0.3 is 29.2 Å². The van der Waals surface area contributed by atoms with Gasteiger partial charge in [0.05, 0.1) is 32.9 Å². The lowest BCUT2D eigenvalue weighted by atomic mass is 9.92. The molecule has 0 unspecified atom stereocenters. The number of ether oxygens (including phenoxy) is 4. The molecule has 36 heavy (non-hydrogen) atoms. The van der Waals surface area contributed by atoms with Gasteiger partial charge in [0.2, 0.25) is 0 Å². The maximum atomic E-state index is 11.8. The number of benzene rings is 3. The van der Waals surface area contributed by atoms with Crippen LogP contribution >= 0.6 is 34.8 Å². The molecule has 3 aromatic carbocycles. The lowest BCUT2D eigenvalue weighted by Gasteiger charge is -2.39. The fourth-order valence-electron chi connectivity index (χ4n) is 4.16. The van der Waals surface area contributed by atoms with E-state index in [0.29, 0.717) is 41.1 Å². The van der Waals surface area contributed by atoms with Gasteiger partial charge in [0.15, 0.2) is 16.6 Å². The van der Waals surface area contributed by atoms with Gasteiger partial charge in [-0.05, 0) is 113 Å². The van der Waals surface area contributed by atoms with E-state index in [1.165, 1.54) is 7.11 Å². The molecule has 0 saturated carbocycles.